The predicted molar refractivity (Wildman–Crippen MR) is 193 cm³/mol. The predicted octanol–water partition coefficient (Wildman–Crippen LogP) is 5.76. The quantitative estimate of drug-likeness (QED) is 0.0424. The molecule has 0 aliphatic heterocycles. The van der Waals surface area contributed by atoms with Crippen LogP contribution in [0.4, 0.5) is 26.7 Å². The molecule has 54 heavy (non-hydrogen) atoms. The Morgan fingerprint density at radius 3 is 1.20 bits per heavy atom. The zero-order valence-electron chi connectivity index (χ0n) is 28.7. The number of hydrogen-bond acceptors (Lipinski definition) is 19. The van der Waals surface area contributed by atoms with E-state index in [0.717, 1.165) is 0 Å². The molecule has 0 spiro atoms. The van der Waals surface area contributed by atoms with Gasteiger partial charge < -0.3 is 33.5 Å². The van der Waals surface area contributed by atoms with Crippen LogP contribution in [0.5, 0.6) is 17.2 Å². The van der Waals surface area contributed by atoms with Crippen LogP contribution in [0.15, 0.2) is 72.8 Å². The summed E-state index contributed by atoms with van der Waals surface area (Å²) in [7, 11) is 0. The summed E-state index contributed by atoms with van der Waals surface area (Å²) in [4.78, 5) is 74.2. The van der Waals surface area contributed by atoms with Crippen molar-refractivity contribution >= 4 is 64.8 Å². The van der Waals surface area contributed by atoms with Crippen molar-refractivity contribution in [2.45, 2.75) is 13.8 Å². The Morgan fingerprint density at radius 2 is 0.889 bits per heavy atom. The molecule has 22 heteroatoms. The fraction of sp³-hybridized carbons (Fsp3) is 0.312. The van der Waals surface area contributed by atoms with Gasteiger partial charge in [0.25, 0.3) is 17.1 Å². The maximum atomic E-state index is 11.5. The number of benzene rings is 3. The fourth-order valence-corrected chi connectivity index (χ4v) is 4.33. The number of non-ortho nitro benzene ring substituents is 3. The lowest BCUT2D eigenvalue weighted by molar-refractivity contribution is -0.385. The number of aliphatic hydroxyl groups is 1. The second-order valence-electron chi connectivity index (χ2n) is 9.35. The third-order valence-electron chi connectivity index (χ3n) is 5.48. The zero-order valence-corrected chi connectivity index (χ0v) is 30.4. The van der Waals surface area contributed by atoms with Gasteiger partial charge in [-0.15, -0.1) is 23.5 Å². The molecule has 0 radical (unpaired) electrons. The molecule has 0 unspecified atom stereocenters. The smallest absolute Gasteiger partial charge is 0.465 e. The Balaban J connectivity index is 0.000000435. The standard InChI is InChI=1S/C13H8N2O7.C13H15NO7S.C6H12O3S/c16-13(21-11-5-1-9(2-6-11)14(17)18)22-12-7-3-10(4-8-12)15(19)20;1-2-19-12(15)9-22-8-7-20-13(16)21-11-5-3-10(4-6-11)14(17)18;1-2-9-6(8)5-10-4-3-7/h1-8H;3-6H,2,7-9H2,1H3;7H,2-5H2,1H3. The molecular weight excluding hydrogens is 762 g/mol. The van der Waals surface area contributed by atoms with Crippen molar-refractivity contribution in [1.82, 2.24) is 0 Å². The minimum Gasteiger partial charge on any atom is -0.465 e. The maximum Gasteiger partial charge on any atom is 0.519 e. The number of nitro groups is 3. The van der Waals surface area contributed by atoms with Crippen LogP contribution in [0.2, 0.25) is 0 Å². The molecule has 0 bridgehead atoms. The molecule has 3 aromatic carbocycles. The van der Waals surface area contributed by atoms with Crippen LogP contribution < -0.4 is 14.2 Å². The minimum absolute atomic E-state index is 0.0671. The number of hydrogen-bond donors (Lipinski definition) is 1. The van der Waals surface area contributed by atoms with Crippen molar-refractivity contribution < 1.29 is 67.5 Å². The Hall–Kier alpha value is -6.00. The molecule has 0 aromatic heterocycles. The molecule has 0 saturated heterocycles. The molecule has 3 rings (SSSR count). The molecule has 0 heterocycles. The highest BCUT2D eigenvalue weighted by Crippen LogP contribution is 2.21. The molecule has 292 valence electrons. The van der Waals surface area contributed by atoms with Crippen molar-refractivity contribution in [1.29, 1.82) is 0 Å². The van der Waals surface area contributed by atoms with Crippen LogP contribution in [0.1, 0.15) is 13.8 Å². The molecule has 0 fully saturated rings. The van der Waals surface area contributed by atoms with Gasteiger partial charge in [0.1, 0.15) is 23.9 Å². The van der Waals surface area contributed by atoms with Crippen molar-refractivity contribution in [3.8, 4) is 17.2 Å². The van der Waals surface area contributed by atoms with E-state index in [0.29, 0.717) is 30.5 Å². The van der Waals surface area contributed by atoms with Crippen molar-refractivity contribution in [3.05, 3.63) is 103 Å². The second kappa shape index (κ2) is 26.7. The van der Waals surface area contributed by atoms with E-state index in [1.54, 1.807) is 13.8 Å². The second-order valence-corrected chi connectivity index (χ2v) is 11.6. The van der Waals surface area contributed by atoms with Gasteiger partial charge in [-0.3, -0.25) is 39.9 Å². The van der Waals surface area contributed by atoms with Crippen LogP contribution in [-0.4, -0.2) is 93.6 Å². The van der Waals surface area contributed by atoms with Gasteiger partial charge in [0.15, 0.2) is 0 Å². The normalized spacial score (nSPS) is 9.76. The first-order chi connectivity index (χ1) is 25.8. The summed E-state index contributed by atoms with van der Waals surface area (Å²) in [6.07, 6.45) is -1.98. The van der Waals surface area contributed by atoms with Gasteiger partial charge in [-0.2, -0.15) is 0 Å². The fourth-order valence-electron chi connectivity index (χ4n) is 3.21. The monoisotopic (exact) mass is 797 g/mol. The number of aliphatic hydroxyl groups excluding tert-OH is 1. The molecule has 3 aromatic rings. The number of esters is 2. The van der Waals surface area contributed by atoms with Gasteiger partial charge in [-0.05, 0) is 50.2 Å². The lowest BCUT2D eigenvalue weighted by Crippen LogP contribution is -2.13. The molecular formula is C32H35N3O17S2. The van der Waals surface area contributed by atoms with E-state index in [2.05, 4.69) is 4.74 Å². The highest BCUT2D eigenvalue weighted by atomic mass is 32.2. The molecule has 1 N–H and O–H groups in total. The van der Waals surface area contributed by atoms with Gasteiger partial charge in [0.05, 0.1) is 46.1 Å². The Kier molecular flexibility index (Phi) is 22.8. The van der Waals surface area contributed by atoms with Crippen molar-refractivity contribution in [2.75, 3.05) is 49.4 Å². The van der Waals surface area contributed by atoms with E-state index in [1.165, 1.54) is 96.3 Å². The molecule has 0 atom stereocenters. The van der Waals surface area contributed by atoms with Crippen LogP contribution >= 0.6 is 23.5 Å². The van der Waals surface area contributed by atoms with Gasteiger partial charge in [-0.25, -0.2) is 9.59 Å². The number of nitrogens with zero attached hydrogens (tertiary/aromatic N) is 3. The number of ether oxygens (including phenoxy) is 6. The first-order valence-corrected chi connectivity index (χ1v) is 17.7. The van der Waals surface area contributed by atoms with E-state index in [4.69, 9.17) is 28.8 Å². The summed E-state index contributed by atoms with van der Waals surface area (Å²) in [6, 6.07) is 14.7. The number of carbonyl (C=O) groups is 4. The van der Waals surface area contributed by atoms with Crippen LogP contribution in [0.25, 0.3) is 0 Å². The highest BCUT2D eigenvalue weighted by Gasteiger charge is 2.12. The average molecular weight is 798 g/mol. The molecule has 20 nitrogen and oxygen atoms in total. The first-order valence-electron chi connectivity index (χ1n) is 15.3. The number of nitro benzene ring substituents is 3. The Bertz CT molecular complexity index is 1600. The van der Waals surface area contributed by atoms with Crippen LogP contribution in [0, 0.1) is 30.3 Å². The summed E-state index contributed by atoms with van der Waals surface area (Å²) in [5.41, 5.74) is -0.386. The number of carbonyl (C=O) groups excluding carboxylic acids is 4. The summed E-state index contributed by atoms with van der Waals surface area (Å²) in [5, 5.41) is 39.8. The van der Waals surface area contributed by atoms with Crippen molar-refractivity contribution in [2.24, 2.45) is 0 Å². The third kappa shape index (κ3) is 20.8. The first kappa shape index (κ1) is 46.0. The van der Waals surface area contributed by atoms with E-state index >= 15 is 0 Å². The van der Waals surface area contributed by atoms with Crippen LogP contribution in [0.3, 0.4) is 0 Å². The average Bonchev–Trinajstić information content (AvgIpc) is 3.13. The van der Waals surface area contributed by atoms with Crippen molar-refractivity contribution in [3.63, 3.8) is 0 Å². The van der Waals surface area contributed by atoms with Gasteiger partial charge in [0, 0.05) is 47.9 Å². The molecule has 0 amide bonds. The lowest BCUT2D eigenvalue weighted by atomic mass is 10.3. The molecule has 0 aliphatic carbocycles. The Morgan fingerprint density at radius 1 is 0.556 bits per heavy atom. The molecule has 0 saturated carbocycles. The lowest BCUT2D eigenvalue weighted by Gasteiger charge is -2.05. The van der Waals surface area contributed by atoms with Gasteiger partial charge >= 0.3 is 24.2 Å². The molecule has 0 aliphatic rings. The topological polar surface area (TPSA) is 273 Å². The largest absolute Gasteiger partial charge is 0.519 e. The highest BCUT2D eigenvalue weighted by molar-refractivity contribution is 8.00. The minimum atomic E-state index is -1.07. The maximum absolute atomic E-state index is 11.5. The number of rotatable bonds is 17. The van der Waals surface area contributed by atoms with Crippen LogP contribution in [-0.2, 0) is 23.8 Å². The SMILES string of the molecule is CCOC(=O)CSCCO.CCOC(=O)CSCCOC(=O)Oc1ccc([N+](=O)[O-])cc1.O=C(Oc1ccc([N+](=O)[O-])cc1)Oc1ccc([N+](=O)[O-])cc1. The summed E-state index contributed by atoms with van der Waals surface area (Å²) >= 11 is 2.65. The summed E-state index contributed by atoms with van der Waals surface area (Å²) < 4.78 is 28.6. The van der Waals surface area contributed by atoms with E-state index in [1.807, 2.05) is 0 Å². The van der Waals surface area contributed by atoms with E-state index in [-0.39, 0.29) is 65.2 Å². The van der Waals surface area contributed by atoms with E-state index in [9.17, 15) is 49.5 Å². The third-order valence-corrected chi connectivity index (χ3v) is 7.29. The summed E-state index contributed by atoms with van der Waals surface area (Å²) in [5.74, 6) is 1.31. The van der Waals surface area contributed by atoms with Gasteiger partial charge in [0.2, 0.25) is 0 Å². The number of thioether (sulfide) groups is 2. The summed E-state index contributed by atoms with van der Waals surface area (Å²) in [6.45, 7) is 4.45. The zero-order chi connectivity index (χ0) is 40.3. The van der Waals surface area contributed by atoms with E-state index < -0.39 is 27.1 Å². The Labute approximate surface area is 315 Å². The van der Waals surface area contributed by atoms with Gasteiger partial charge in [-0.1, -0.05) is 0 Å².